The molecule has 1 rings (SSSR count). The third-order valence-corrected chi connectivity index (χ3v) is 2.93. The van der Waals surface area contributed by atoms with Gasteiger partial charge in [0.1, 0.15) is 17.5 Å². The summed E-state index contributed by atoms with van der Waals surface area (Å²) in [6.07, 6.45) is 0.276. The number of ether oxygens (including phenoxy) is 2. The van der Waals surface area contributed by atoms with Crippen molar-refractivity contribution in [3.8, 4) is 11.5 Å². The van der Waals surface area contributed by atoms with Gasteiger partial charge in [-0.25, -0.2) is 4.79 Å². The summed E-state index contributed by atoms with van der Waals surface area (Å²) in [5.41, 5.74) is 0. The number of rotatable bonds is 8. The molecule has 0 aliphatic heterocycles. The van der Waals surface area contributed by atoms with Crippen molar-refractivity contribution in [3.63, 3.8) is 0 Å². The number of carboxylic acid groups (broad SMARTS) is 1. The number of carbonyl (C=O) groups is 2. The molecular formula is C15H21NO5. The Hall–Kier alpha value is -2.24. The number of methoxy groups -OCH3 is 1. The van der Waals surface area contributed by atoms with Gasteiger partial charge in [-0.2, -0.15) is 0 Å². The SMILES string of the molecule is CCC[C@H](NC(=O)C(C)Oc1ccc(OC)cc1)C(=O)O. The Bertz CT molecular complexity index is 471. The highest BCUT2D eigenvalue weighted by atomic mass is 16.5. The summed E-state index contributed by atoms with van der Waals surface area (Å²) >= 11 is 0. The largest absolute Gasteiger partial charge is 0.497 e. The smallest absolute Gasteiger partial charge is 0.326 e. The van der Waals surface area contributed by atoms with Gasteiger partial charge in [-0.3, -0.25) is 4.79 Å². The van der Waals surface area contributed by atoms with Gasteiger partial charge in [-0.15, -0.1) is 0 Å². The van der Waals surface area contributed by atoms with Gasteiger partial charge in [0.2, 0.25) is 0 Å². The van der Waals surface area contributed by atoms with E-state index in [1.165, 1.54) is 0 Å². The first kappa shape index (κ1) is 16.8. The normalized spacial score (nSPS) is 13.1. The van der Waals surface area contributed by atoms with Crippen LogP contribution < -0.4 is 14.8 Å². The molecule has 0 fully saturated rings. The third kappa shape index (κ3) is 5.33. The molecule has 1 aromatic carbocycles. The van der Waals surface area contributed by atoms with Crippen LogP contribution in [0, 0.1) is 0 Å². The van der Waals surface area contributed by atoms with E-state index in [1.54, 1.807) is 38.3 Å². The summed E-state index contributed by atoms with van der Waals surface area (Å²) in [4.78, 5) is 22.9. The van der Waals surface area contributed by atoms with Crippen LogP contribution in [0.25, 0.3) is 0 Å². The van der Waals surface area contributed by atoms with Gasteiger partial charge in [0, 0.05) is 0 Å². The van der Waals surface area contributed by atoms with Gasteiger partial charge in [0.05, 0.1) is 7.11 Å². The van der Waals surface area contributed by atoms with Gasteiger partial charge in [-0.05, 0) is 37.6 Å². The van der Waals surface area contributed by atoms with Crippen molar-refractivity contribution in [1.29, 1.82) is 0 Å². The summed E-state index contributed by atoms with van der Waals surface area (Å²) < 4.78 is 10.5. The molecule has 6 heteroatoms. The van der Waals surface area contributed by atoms with Crippen molar-refractivity contribution in [2.45, 2.75) is 38.8 Å². The van der Waals surface area contributed by atoms with E-state index in [1.807, 2.05) is 6.92 Å². The van der Waals surface area contributed by atoms with Crippen LogP contribution in [-0.4, -0.2) is 36.2 Å². The average Bonchev–Trinajstić information content (AvgIpc) is 2.47. The van der Waals surface area contributed by atoms with Crippen molar-refractivity contribution in [1.82, 2.24) is 5.32 Å². The van der Waals surface area contributed by atoms with Crippen molar-refractivity contribution in [2.24, 2.45) is 0 Å². The Balaban J connectivity index is 2.58. The topological polar surface area (TPSA) is 84.9 Å². The molecule has 1 unspecified atom stereocenters. The molecule has 0 bridgehead atoms. The van der Waals surface area contributed by atoms with Crippen molar-refractivity contribution >= 4 is 11.9 Å². The van der Waals surface area contributed by atoms with Crippen LogP contribution >= 0.6 is 0 Å². The standard InChI is InChI=1S/C15H21NO5/c1-4-5-13(15(18)19)16-14(17)10(2)21-12-8-6-11(20-3)7-9-12/h6-10,13H,4-5H2,1-3H3,(H,16,17)(H,18,19)/t10?,13-/m0/s1. The Labute approximate surface area is 124 Å². The predicted molar refractivity (Wildman–Crippen MR) is 77.6 cm³/mol. The minimum Gasteiger partial charge on any atom is -0.497 e. The minimum atomic E-state index is -1.04. The van der Waals surface area contributed by atoms with E-state index in [0.717, 1.165) is 0 Å². The molecule has 0 spiro atoms. The lowest BCUT2D eigenvalue weighted by atomic mass is 10.1. The summed E-state index contributed by atoms with van der Waals surface area (Å²) in [5.74, 6) is -0.289. The molecule has 116 valence electrons. The van der Waals surface area contributed by atoms with Crippen molar-refractivity contribution < 1.29 is 24.2 Å². The number of benzene rings is 1. The Morgan fingerprint density at radius 3 is 2.29 bits per heavy atom. The summed E-state index contributed by atoms with van der Waals surface area (Å²) in [5, 5.41) is 11.5. The number of amides is 1. The van der Waals surface area contributed by atoms with Crippen LogP contribution in [0.3, 0.4) is 0 Å². The maximum absolute atomic E-state index is 11.9. The number of hydrogen-bond acceptors (Lipinski definition) is 4. The van der Waals surface area contributed by atoms with Crippen LogP contribution in [0.15, 0.2) is 24.3 Å². The number of aliphatic carboxylic acids is 1. The molecule has 0 saturated carbocycles. The lowest BCUT2D eigenvalue weighted by molar-refractivity contribution is -0.143. The first-order valence-corrected chi connectivity index (χ1v) is 6.81. The monoisotopic (exact) mass is 295 g/mol. The average molecular weight is 295 g/mol. The quantitative estimate of drug-likeness (QED) is 0.764. The van der Waals surface area contributed by atoms with E-state index >= 15 is 0 Å². The maximum Gasteiger partial charge on any atom is 0.326 e. The van der Waals surface area contributed by atoms with Crippen LogP contribution in [0.5, 0.6) is 11.5 Å². The molecule has 0 saturated heterocycles. The Morgan fingerprint density at radius 2 is 1.81 bits per heavy atom. The highest BCUT2D eigenvalue weighted by molar-refractivity contribution is 5.86. The molecular weight excluding hydrogens is 274 g/mol. The lowest BCUT2D eigenvalue weighted by Gasteiger charge is -2.18. The van der Waals surface area contributed by atoms with Crippen LogP contribution in [0.1, 0.15) is 26.7 Å². The second-order valence-electron chi connectivity index (χ2n) is 4.62. The zero-order valence-corrected chi connectivity index (χ0v) is 12.5. The first-order chi connectivity index (χ1) is 9.97. The second-order valence-corrected chi connectivity index (χ2v) is 4.62. The van der Waals surface area contributed by atoms with Crippen molar-refractivity contribution in [3.05, 3.63) is 24.3 Å². The van der Waals surface area contributed by atoms with Crippen molar-refractivity contribution in [2.75, 3.05) is 7.11 Å². The number of nitrogens with one attached hydrogen (secondary N) is 1. The molecule has 0 aliphatic carbocycles. The molecule has 21 heavy (non-hydrogen) atoms. The number of carboxylic acids is 1. The van der Waals surface area contributed by atoms with Gasteiger partial charge in [0.25, 0.3) is 5.91 Å². The third-order valence-electron chi connectivity index (χ3n) is 2.93. The highest BCUT2D eigenvalue weighted by Gasteiger charge is 2.23. The van der Waals surface area contributed by atoms with E-state index in [4.69, 9.17) is 14.6 Å². The van der Waals surface area contributed by atoms with E-state index in [-0.39, 0.29) is 0 Å². The molecule has 2 N–H and O–H groups in total. The van der Waals surface area contributed by atoms with Gasteiger partial charge >= 0.3 is 5.97 Å². The van der Waals surface area contributed by atoms with Gasteiger partial charge in [-0.1, -0.05) is 13.3 Å². The fourth-order valence-electron chi connectivity index (χ4n) is 1.75. The minimum absolute atomic E-state index is 0.385. The molecule has 0 aromatic heterocycles. The second kappa shape index (κ2) is 8.14. The number of hydrogen-bond donors (Lipinski definition) is 2. The van der Waals surface area contributed by atoms with E-state index in [0.29, 0.717) is 24.3 Å². The van der Waals surface area contributed by atoms with E-state index in [2.05, 4.69) is 5.32 Å². The molecule has 0 aliphatic rings. The van der Waals surface area contributed by atoms with Crippen LogP contribution in [-0.2, 0) is 9.59 Å². The molecule has 2 atom stereocenters. The molecule has 0 radical (unpaired) electrons. The van der Waals surface area contributed by atoms with E-state index < -0.39 is 24.0 Å². The number of carbonyl (C=O) groups excluding carboxylic acids is 1. The summed E-state index contributed by atoms with van der Waals surface area (Å²) in [6.45, 7) is 3.43. The summed E-state index contributed by atoms with van der Waals surface area (Å²) in [6, 6.07) is 5.92. The predicted octanol–water partition coefficient (Wildman–Crippen LogP) is 1.83. The lowest BCUT2D eigenvalue weighted by Crippen LogP contribution is -2.46. The zero-order chi connectivity index (χ0) is 15.8. The molecule has 6 nitrogen and oxygen atoms in total. The molecule has 1 aromatic rings. The highest BCUT2D eigenvalue weighted by Crippen LogP contribution is 2.18. The van der Waals surface area contributed by atoms with Gasteiger partial charge in [0.15, 0.2) is 6.10 Å². The summed E-state index contributed by atoms with van der Waals surface area (Å²) in [7, 11) is 1.56. The Kier molecular flexibility index (Phi) is 6.52. The first-order valence-electron chi connectivity index (χ1n) is 6.81. The van der Waals surface area contributed by atoms with Crippen LogP contribution in [0.4, 0.5) is 0 Å². The van der Waals surface area contributed by atoms with Gasteiger partial charge < -0.3 is 19.9 Å². The Morgan fingerprint density at radius 1 is 1.24 bits per heavy atom. The molecule has 0 heterocycles. The fraction of sp³-hybridized carbons (Fsp3) is 0.467. The van der Waals surface area contributed by atoms with Crippen LogP contribution in [0.2, 0.25) is 0 Å². The maximum atomic E-state index is 11.9. The van der Waals surface area contributed by atoms with E-state index in [9.17, 15) is 9.59 Å². The molecule has 1 amide bonds. The fourth-order valence-corrected chi connectivity index (χ4v) is 1.75. The zero-order valence-electron chi connectivity index (χ0n) is 12.5.